The van der Waals surface area contributed by atoms with Crippen molar-refractivity contribution in [3.63, 3.8) is 0 Å². The lowest BCUT2D eigenvalue weighted by Gasteiger charge is -2.32. The van der Waals surface area contributed by atoms with Crippen molar-refractivity contribution in [3.05, 3.63) is 60.2 Å². The number of piperidine rings is 1. The van der Waals surface area contributed by atoms with Crippen LogP contribution in [0, 0.1) is 5.92 Å². The highest BCUT2D eigenvalue weighted by atomic mass is 16.3. The molecule has 1 saturated heterocycles. The van der Waals surface area contributed by atoms with E-state index >= 15 is 0 Å². The molecule has 4 rings (SSSR count). The van der Waals surface area contributed by atoms with E-state index in [0.29, 0.717) is 19.4 Å². The second-order valence-corrected chi connectivity index (χ2v) is 8.57. The van der Waals surface area contributed by atoms with Gasteiger partial charge in [0.1, 0.15) is 5.76 Å². The molecular formula is C25H31N3O3. The number of amides is 2. The van der Waals surface area contributed by atoms with E-state index in [0.717, 1.165) is 43.5 Å². The first-order valence-electron chi connectivity index (χ1n) is 11.3. The maximum Gasteiger partial charge on any atom is 0.225 e. The summed E-state index contributed by atoms with van der Waals surface area (Å²) in [5.41, 5.74) is 2.27. The van der Waals surface area contributed by atoms with Gasteiger partial charge in [-0.25, -0.2) is 0 Å². The van der Waals surface area contributed by atoms with E-state index < -0.39 is 0 Å². The number of aryl methyl sites for hydroxylation is 2. The molecule has 2 amide bonds. The zero-order valence-electron chi connectivity index (χ0n) is 18.1. The smallest absolute Gasteiger partial charge is 0.225 e. The van der Waals surface area contributed by atoms with E-state index in [9.17, 15) is 9.59 Å². The van der Waals surface area contributed by atoms with Crippen LogP contribution in [0.3, 0.4) is 0 Å². The number of carbonyl (C=O) groups excluding carboxylic acids is 2. The normalized spacial score (nSPS) is 17.6. The molecule has 3 heterocycles. The number of aromatic amines is 1. The fraction of sp³-hybridized carbons (Fsp3) is 0.440. The van der Waals surface area contributed by atoms with Gasteiger partial charge in [0.2, 0.25) is 11.8 Å². The molecule has 6 heteroatoms. The third-order valence-corrected chi connectivity index (χ3v) is 6.22. The van der Waals surface area contributed by atoms with Crippen molar-refractivity contribution in [2.45, 2.75) is 51.5 Å². The molecule has 31 heavy (non-hydrogen) atoms. The van der Waals surface area contributed by atoms with Gasteiger partial charge in [-0.2, -0.15) is 0 Å². The molecule has 0 aliphatic carbocycles. The van der Waals surface area contributed by atoms with Crippen molar-refractivity contribution >= 4 is 22.7 Å². The second-order valence-electron chi connectivity index (χ2n) is 8.57. The molecule has 0 saturated carbocycles. The molecule has 1 aliphatic rings. The van der Waals surface area contributed by atoms with Crippen molar-refractivity contribution in [1.82, 2.24) is 15.2 Å². The van der Waals surface area contributed by atoms with Crippen molar-refractivity contribution in [2.24, 2.45) is 5.92 Å². The molecule has 0 bridgehead atoms. The molecular weight excluding hydrogens is 390 g/mol. The molecule has 1 fully saturated rings. The van der Waals surface area contributed by atoms with Crippen LogP contribution in [-0.2, 0) is 22.4 Å². The standard InChI is InChI=1S/C25H31N3O3/c1-18(10-12-21-7-5-15-31-21)27-25(30)20-6-4-14-28(17-20)24(29)13-11-19-16-26-23-9-3-2-8-22(19)23/h2-3,5,7-9,15-16,18,20,26H,4,6,10-14,17H2,1H3,(H,27,30)/t18-,20+/m1/s1. The van der Waals surface area contributed by atoms with Crippen LogP contribution < -0.4 is 5.32 Å². The Labute approximate surface area is 183 Å². The summed E-state index contributed by atoms with van der Waals surface area (Å²) in [4.78, 5) is 30.7. The second kappa shape index (κ2) is 9.86. The lowest BCUT2D eigenvalue weighted by atomic mass is 9.96. The Morgan fingerprint density at radius 1 is 1.23 bits per heavy atom. The number of carbonyl (C=O) groups is 2. The van der Waals surface area contributed by atoms with Crippen molar-refractivity contribution < 1.29 is 14.0 Å². The van der Waals surface area contributed by atoms with E-state index in [1.165, 1.54) is 10.9 Å². The number of furan rings is 1. The zero-order chi connectivity index (χ0) is 21.6. The summed E-state index contributed by atoms with van der Waals surface area (Å²) >= 11 is 0. The summed E-state index contributed by atoms with van der Waals surface area (Å²) in [6.45, 7) is 3.28. The molecule has 1 aromatic carbocycles. The maximum absolute atomic E-state index is 12.8. The van der Waals surface area contributed by atoms with Crippen molar-refractivity contribution in [2.75, 3.05) is 13.1 Å². The molecule has 0 spiro atoms. The number of fused-ring (bicyclic) bond motifs is 1. The van der Waals surface area contributed by atoms with E-state index in [4.69, 9.17) is 4.42 Å². The van der Waals surface area contributed by atoms with Gasteiger partial charge in [0.15, 0.2) is 0 Å². The number of para-hydroxylation sites is 1. The number of hydrogen-bond acceptors (Lipinski definition) is 3. The Kier molecular flexibility index (Phi) is 6.75. The Bertz CT molecular complexity index is 1010. The van der Waals surface area contributed by atoms with Crippen LogP contribution in [0.4, 0.5) is 0 Å². The summed E-state index contributed by atoms with van der Waals surface area (Å²) in [5, 5.41) is 4.30. The first-order valence-corrected chi connectivity index (χ1v) is 11.3. The number of nitrogens with one attached hydrogen (secondary N) is 2. The summed E-state index contributed by atoms with van der Waals surface area (Å²) in [7, 11) is 0. The number of H-pyrrole nitrogens is 1. The van der Waals surface area contributed by atoms with Gasteiger partial charge < -0.3 is 19.6 Å². The lowest BCUT2D eigenvalue weighted by Crippen LogP contribution is -2.47. The Morgan fingerprint density at radius 3 is 2.94 bits per heavy atom. The van der Waals surface area contributed by atoms with Crippen LogP contribution in [0.1, 0.15) is 43.9 Å². The number of aromatic nitrogens is 1. The minimum absolute atomic E-state index is 0.0565. The minimum atomic E-state index is -0.128. The predicted octanol–water partition coefficient (Wildman–Crippen LogP) is 4.07. The monoisotopic (exact) mass is 421 g/mol. The fourth-order valence-corrected chi connectivity index (χ4v) is 4.40. The molecule has 2 atom stereocenters. The number of likely N-dealkylation sites (tertiary alicyclic amines) is 1. The van der Waals surface area contributed by atoms with E-state index in [-0.39, 0.29) is 23.8 Å². The predicted molar refractivity (Wildman–Crippen MR) is 121 cm³/mol. The first kappa shape index (κ1) is 21.2. The van der Waals surface area contributed by atoms with Gasteiger partial charge in [-0.15, -0.1) is 0 Å². The molecule has 6 nitrogen and oxygen atoms in total. The number of rotatable bonds is 8. The Balaban J connectivity index is 1.25. The van der Waals surface area contributed by atoms with Crippen LogP contribution in [0.25, 0.3) is 10.9 Å². The van der Waals surface area contributed by atoms with Gasteiger partial charge >= 0.3 is 0 Å². The Hall–Kier alpha value is -3.02. The zero-order valence-corrected chi connectivity index (χ0v) is 18.1. The number of hydrogen-bond donors (Lipinski definition) is 2. The highest BCUT2D eigenvalue weighted by Gasteiger charge is 2.28. The number of nitrogens with zero attached hydrogens (tertiary/aromatic N) is 1. The van der Waals surface area contributed by atoms with Crippen LogP contribution in [0.2, 0.25) is 0 Å². The molecule has 164 valence electrons. The summed E-state index contributed by atoms with van der Waals surface area (Å²) < 4.78 is 5.36. The average molecular weight is 422 g/mol. The van der Waals surface area contributed by atoms with Crippen molar-refractivity contribution in [1.29, 1.82) is 0 Å². The number of benzene rings is 1. The summed E-state index contributed by atoms with van der Waals surface area (Å²) in [6, 6.07) is 12.1. The van der Waals surface area contributed by atoms with Crippen LogP contribution in [-0.4, -0.2) is 40.8 Å². The first-order chi connectivity index (χ1) is 15.1. The van der Waals surface area contributed by atoms with Gasteiger partial charge in [-0.3, -0.25) is 9.59 Å². The van der Waals surface area contributed by atoms with Crippen LogP contribution in [0.15, 0.2) is 53.3 Å². The van der Waals surface area contributed by atoms with Gasteiger partial charge in [-0.1, -0.05) is 18.2 Å². The van der Waals surface area contributed by atoms with Crippen LogP contribution in [0.5, 0.6) is 0 Å². The highest BCUT2D eigenvalue weighted by molar-refractivity contribution is 5.84. The quantitative estimate of drug-likeness (QED) is 0.575. The van der Waals surface area contributed by atoms with Gasteiger partial charge in [0.25, 0.3) is 0 Å². The molecule has 0 radical (unpaired) electrons. The van der Waals surface area contributed by atoms with Gasteiger partial charge in [0, 0.05) is 49.1 Å². The minimum Gasteiger partial charge on any atom is -0.469 e. The maximum atomic E-state index is 12.8. The molecule has 2 aromatic heterocycles. The summed E-state index contributed by atoms with van der Waals surface area (Å²) in [5.74, 6) is 0.998. The third-order valence-electron chi connectivity index (χ3n) is 6.22. The molecule has 0 unspecified atom stereocenters. The third kappa shape index (κ3) is 5.37. The molecule has 2 N–H and O–H groups in total. The molecule has 3 aromatic rings. The Morgan fingerprint density at radius 2 is 2.10 bits per heavy atom. The highest BCUT2D eigenvalue weighted by Crippen LogP contribution is 2.21. The fourth-order valence-electron chi connectivity index (χ4n) is 4.40. The van der Waals surface area contributed by atoms with Crippen molar-refractivity contribution in [3.8, 4) is 0 Å². The SMILES string of the molecule is C[C@H](CCc1ccco1)NC(=O)[C@H]1CCCN(C(=O)CCc2c[nH]c3ccccc23)C1. The van der Waals surface area contributed by atoms with Gasteiger partial charge in [-0.05, 0) is 56.4 Å². The van der Waals surface area contributed by atoms with Crippen LogP contribution >= 0.6 is 0 Å². The van der Waals surface area contributed by atoms with E-state index in [2.05, 4.69) is 16.4 Å². The average Bonchev–Trinajstić information content (AvgIpc) is 3.46. The summed E-state index contributed by atoms with van der Waals surface area (Å²) in [6.07, 6.45) is 8.19. The molecule has 1 aliphatic heterocycles. The topological polar surface area (TPSA) is 78.3 Å². The largest absolute Gasteiger partial charge is 0.469 e. The van der Waals surface area contributed by atoms with E-state index in [1.807, 2.05) is 48.4 Å². The lowest BCUT2D eigenvalue weighted by molar-refractivity contribution is -0.135. The van der Waals surface area contributed by atoms with E-state index in [1.54, 1.807) is 6.26 Å². The van der Waals surface area contributed by atoms with Gasteiger partial charge in [0.05, 0.1) is 12.2 Å².